The SMILES string of the molecule is COC(C)(C)CC(C)NCC1(O)CCCCCC1. The molecule has 0 aromatic carbocycles. The number of nitrogens with one attached hydrogen (secondary N) is 1. The standard InChI is InChI=1S/C15H31NO2/c1-13(11-14(2,3)18-4)16-12-15(17)9-7-5-6-8-10-15/h13,16-17H,5-12H2,1-4H3. The van der Waals surface area contributed by atoms with Gasteiger partial charge in [-0.15, -0.1) is 0 Å². The van der Waals surface area contributed by atoms with Crippen LogP contribution in [0.1, 0.15) is 65.7 Å². The van der Waals surface area contributed by atoms with Crippen molar-refractivity contribution in [2.75, 3.05) is 13.7 Å². The molecule has 0 aromatic heterocycles. The van der Waals surface area contributed by atoms with Crippen molar-refractivity contribution in [3.8, 4) is 0 Å². The van der Waals surface area contributed by atoms with Crippen LogP contribution in [0.3, 0.4) is 0 Å². The highest BCUT2D eigenvalue weighted by Crippen LogP contribution is 2.26. The first-order valence-electron chi connectivity index (χ1n) is 7.38. The lowest BCUT2D eigenvalue weighted by atomic mass is 9.93. The molecule has 1 atom stereocenters. The van der Waals surface area contributed by atoms with Crippen LogP contribution in [0.25, 0.3) is 0 Å². The molecule has 0 heterocycles. The van der Waals surface area contributed by atoms with Gasteiger partial charge in [0.05, 0.1) is 11.2 Å². The van der Waals surface area contributed by atoms with Gasteiger partial charge in [0.1, 0.15) is 0 Å². The third-order valence-corrected chi connectivity index (χ3v) is 4.16. The Balaban J connectivity index is 2.34. The van der Waals surface area contributed by atoms with E-state index in [2.05, 4.69) is 26.1 Å². The zero-order chi connectivity index (χ0) is 13.6. The highest BCUT2D eigenvalue weighted by molar-refractivity contribution is 4.85. The molecular formula is C15H31NO2. The van der Waals surface area contributed by atoms with Crippen LogP contribution in [0.5, 0.6) is 0 Å². The number of hydrogen-bond donors (Lipinski definition) is 2. The second-order valence-electron chi connectivity index (χ2n) is 6.59. The highest BCUT2D eigenvalue weighted by atomic mass is 16.5. The Kier molecular flexibility index (Phi) is 6.09. The molecule has 108 valence electrons. The largest absolute Gasteiger partial charge is 0.389 e. The molecular weight excluding hydrogens is 226 g/mol. The normalized spacial score (nSPS) is 22.5. The fourth-order valence-electron chi connectivity index (χ4n) is 2.82. The van der Waals surface area contributed by atoms with Crippen molar-refractivity contribution in [2.45, 2.75) is 83.0 Å². The molecule has 1 aliphatic carbocycles. The average Bonchev–Trinajstić information content (AvgIpc) is 2.52. The maximum atomic E-state index is 10.6. The quantitative estimate of drug-likeness (QED) is 0.719. The predicted molar refractivity (Wildman–Crippen MR) is 75.8 cm³/mol. The van der Waals surface area contributed by atoms with E-state index in [0.717, 1.165) is 32.1 Å². The summed E-state index contributed by atoms with van der Waals surface area (Å²) < 4.78 is 5.44. The number of rotatable bonds is 6. The average molecular weight is 257 g/mol. The lowest BCUT2D eigenvalue weighted by Gasteiger charge is -2.31. The zero-order valence-electron chi connectivity index (χ0n) is 12.6. The Morgan fingerprint density at radius 3 is 2.28 bits per heavy atom. The van der Waals surface area contributed by atoms with Crippen molar-refractivity contribution in [1.29, 1.82) is 0 Å². The van der Waals surface area contributed by atoms with E-state index in [4.69, 9.17) is 4.74 Å². The predicted octanol–water partition coefficient (Wildman–Crippen LogP) is 2.86. The highest BCUT2D eigenvalue weighted by Gasteiger charge is 2.29. The van der Waals surface area contributed by atoms with Crippen LogP contribution in [0, 0.1) is 0 Å². The second kappa shape index (κ2) is 6.88. The minimum absolute atomic E-state index is 0.0987. The summed E-state index contributed by atoms with van der Waals surface area (Å²) in [6, 6.07) is 0.368. The van der Waals surface area contributed by atoms with Gasteiger partial charge in [-0.1, -0.05) is 25.7 Å². The lowest BCUT2D eigenvalue weighted by Crippen LogP contribution is -2.45. The Labute approximate surface area is 112 Å². The Morgan fingerprint density at radius 2 is 1.78 bits per heavy atom. The number of ether oxygens (including phenoxy) is 1. The molecule has 3 heteroatoms. The smallest absolute Gasteiger partial charge is 0.0771 e. The molecule has 0 bridgehead atoms. The topological polar surface area (TPSA) is 41.5 Å². The summed E-state index contributed by atoms with van der Waals surface area (Å²) in [6.45, 7) is 7.09. The van der Waals surface area contributed by atoms with E-state index in [-0.39, 0.29) is 5.60 Å². The maximum Gasteiger partial charge on any atom is 0.0771 e. The van der Waals surface area contributed by atoms with Gasteiger partial charge in [-0.05, 0) is 40.0 Å². The molecule has 0 radical (unpaired) electrons. The minimum atomic E-state index is -0.484. The van der Waals surface area contributed by atoms with Crippen LogP contribution in [-0.4, -0.2) is 36.0 Å². The van der Waals surface area contributed by atoms with Crippen LogP contribution in [0.2, 0.25) is 0 Å². The van der Waals surface area contributed by atoms with Gasteiger partial charge in [-0.3, -0.25) is 0 Å². The molecule has 0 aromatic rings. The van der Waals surface area contributed by atoms with Gasteiger partial charge in [0.25, 0.3) is 0 Å². The first kappa shape index (κ1) is 15.9. The summed E-state index contributed by atoms with van der Waals surface area (Å²) in [5.41, 5.74) is -0.583. The van der Waals surface area contributed by atoms with Crippen molar-refractivity contribution >= 4 is 0 Å². The summed E-state index contributed by atoms with van der Waals surface area (Å²) in [6.07, 6.45) is 7.72. The van der Waals surface area contributed by atoms with E-state index in [1.807, 2.05) is 0 Å². The van der Waals surface area contributed by atoms with Crippen molar-refractivity contribution in [3.63, 3.8) is 0 Å². The van der Waals surface area contributed by atoms with Gasteiger partial charge in [0, 0.05) is 19.7 Å². The van der Waals surface area contributed by atoms with Crippen molar-refractivity contribution in [1.82, 2.24) is 5.32 Å². The number of aliphatic hydroxyl groups is 1. The van der Waals surface area contributed by atoms with Gasteiger partial charge in [0.2, 0.25) is 0 Å². The fourth-order valence-corrected chi connectivity index (χ4v) is 2.82. The molecule has 18 heavy (non-hydrogen) atoms. The van der Waals surface area contributed by atoms with Crippen LogP contribution >= 0.6 is 0 Å². The molecule has 1 aliphatic rings. The van der Waals surface area contributed by atoms with E-state index < -0.39 is 5.60 Å². The first-order valence-corrected chi connectivity index (χ1v) is 7.38. The van der Waals surface area contributed by atoms with E-state index in [1.165, 1.54) is 12.8 Å². The van der Waals surface area contributed by atoms with E-state index in [0.29, 0.717) is 12.6 Å². The van der Waals surface area contributed by atoms with Crippen LogP contribution in [-0.2, 0) is 4.74 Å². The minimum Gasteiger partial charge on any atom is -0.389 e. The molecule has 0 amide bonds. The molecule has 1 unspecified atom stereocenters. The Morgan fingerprint density at radius 1 is 1.22 bits per heavy atom. The van der Waals surface area contributed by atoms with Crippen LogP contribution in [0.4, 0.5) is 0 Å². The monoisotopic (exact) mass is 257 g/mol. The zero-order valence-corrected chi connectivity index (χ0v) is 12.6. The molecule has 0 saturated heterocycles. The molecule has 1 saturated carbocycles. The van der Waals surface area contributed by atoms with Gasteiger partial charge in [-0.25, -0.2) is 0 Å². The summed E-state index contributed by atoms with van der Waals surface area (Å²) >= 11 is 0. The lowest BCUT2D eigenvalue weighted by molar-refractivity contribution is -0.00124. The second-order valence-corrected chi connectivity index (χ2v) is 6.59. The summed E-state index contributed by atoms with van der Waals surface area (Å²) in [5, 5.41) is 14.0. The Hall–Kier alpha value is -0.120. The molecule has 1 rings (SSSR count). The third kappa shape index (κ3) is 5.68. The van der Waals surface area contributed by atoms with E-state index in [9.17, 15) is 5.11 Å². The molecule has 2 N–H and O–H groups in total. The number of hydrogen-bond acceptors (Lipinski definition) is 3. The summed E-state index contributed by atoms with van der Waals surface area (Å²) in [7, 11) is 1.76. The van der Waals surface area contributed by atoms with Gasteiger partial charge >= 0.3 is 0 Å². The maximum absolute atomic E-state index is 10.6. The van der Waals surface area contributed by atoms with Crippen LogP contribution < -0.4 is 5.32 Å². The van der Waals surface area contributed by atoms with Gasteiger partial charge in [0.15, 0.2) is 0 Å². The Bertz CT molecular complexity index is 233. The van der Waals surface area contributed by atoms with Gasteiger partial charge in [-0.2, -0.15) is 0 Å². The first-order chi connectivity index (χ1) is 8.37. The molecule has 1 fully saturated rings. The molecule has 0 aliphatic heterocycles. The van der Waals surface area contributed by atoms with E-state index in [1.54, 1.807) is 7.11 Å². The van der Waals surface area contributed by atoms with Gasteiger partial charge < -0.3 is 15.2 Å². The van der Waals surface area contributed by atoms with Crippen molar-refractivity contribution in [3.05, 3.63) is 0 Å². The van der Waals surface area contributed by atoms with Crippen LogP contribution in [0.15, 0.2) is 0 Å². The fraction of sp³-hybridized carbons (Fsp3) is 1.00. The van der Waals surface area contributed by atoms with Crippen molar-refractivity contribution in [2.24, 2.45) is 0 Å². The number of methoxy groups -OCH3 is 1. The molecule has 0 spiro atoms. The van der Waals surface area contributed by atoms with E-state index >= 15 is 0 Å². The van der Waals surface area contributed by atoms with Crippen molar-refractivity contribution < 1.29 is 9.84 Å². The molecule has 3 nitrogen and oxygen atoms in total. The summed E-state index contributed by atoms with van der Waals surface area (Å²) in [5.74, 6) is 0. The third-order valence-electron chi connectivity index (χ3n) is 4.16. The summed E-state index contributed by atoms with van der Waals surface area (Å²) in [4.78, 5) is 0.